The first kappa shape index (κ1) is 12.5. The minimum atomic E-state index is 0.262. The van der Waals surface area contributed by atoms with Crippen molar-refractivity contribution < 1.29 is 5.11 Å². The van der Waals surface area contributed by atoms with Crippen molar-refractivity contribution in [1.82, 2.24) is 9.61 Å². The van der Waals surface area contributed by atoms with Crippen LogP contribution in [0.15, 0.2) is 48.5 Å². The Balaban J connectivity index is 2.07. The number of fused-ring (bicyclic) bond motifs is 1. The van der Waals surface area contributed by atoms with Crippen LogP contribution in [-0.4, -0.2) is 21.3 Å². The first-order valence-corrected chi connectivity index (χ1v) is 6.80. The minimum absolute atomic E-state index is 0.262. The van der Waals surface area contributed by atoms with Crippen molar-refractivity contribution in [1.29, 1.82) is 0 Å². The highest BCUT2D eigenvalue weighted by Gasteiger charge is 2.07. The van der Waals surface area contributed by atoms with Crippen LogP contribution in [0.3, 0.4) is 0 Å². The Bertz CT molecular complexity index is 733. The Morgan fingerprint density at radius 1 is 1.15 bits per heavy atom. The van der Waals surface area contributed by atoms with Gasteiger partial charge in [0.1, 0.15) is 11.6 Å². The Hall–Kier alpha value is -2.49. The maximum atomic E-state index is 9.61. The van der Waals surface area contributed by atoms with Crippen LogP contribution in [0.4, 0.5) is 5.82 Å². The second-order valence-electron chi connectivity index (χ2n) is 4.75. The SMILES string of the molecule is CCCNc1ccc2ccc(-c3cccc(O)c3)n2n1. The van der Waals surface area contributed by atoms with E-state index in [0.717, 1.165) is 35.6 Å². The summed E-state index contributed by atoms with van der Waals surface area (Å²) in [6.07, 6.45) is 1.06. The van der Waals surface area contributed by atoms with E-state index in [9.17, 15) is 5.11 Å². The summed E-state index contributed by atoms with van der Waals surface area (Å²) in [5.74, 6) is 1.12. The van der Waals surface area contributed by atoms with Gasteiger partial charge in [-0.25, -0.2) is 4.52 Å². The number of hydrogen-bond acceptors (Lipinski definition) is 3. The van der Waals surface area contributed by atoms with Gasteiger partial charge in [-0.05, 0) is 42.8 Å². The lowest BCUT2D eigenvalue weighted by Crippen LogP contribution is -2.04. The Kier molecular flexibility index (Phi) is 3.29. The van der Waals surface area contributed by atoms with Crippen LogP contribution in [-0.2, 0) is 0 Å². The van der Waals surface area contributed by atoms with Gasteiger partial charge in [-0.3, -0.25) is 0 Å². The molecule has 4 nitrogen and oxygen atoms in total. The van der Waals surface area contributed by atoms with Crippen molar-refractivity contribution in [3.8, 4) is 17.0 Å². The predicted molar refractivity (Wildman–Crippen MR) is 81.1 cm³/mol. The minimum Gasteiger partial charge on any atom is -0.508 e. The summed E-state index contributed by atoms with van der Waals surface area (Å²) in [4.78, 5) is 0. The van der Waals surface area contributed by atoms with Crippen molar-refractivity contribution in [2.45, 2.75) is 13.3 Å². The van der Waals surface area contributed by atoms with Gasteiger partial charge in [0.05, 0.1) is 11.2 Å². The van der Waals surface area contributed by atoms with E-state index < -0.39 is 0 Å². The third-order valence-corrected chi connectivity index (χ3v) is 3.20. The molecule has 2 N–H and O–H groups in total. The molecule has 0 unspecified atom stereocenters. The zero-order valence-electron chi connectivity index (χ0n) is 11.4. The maximum absolute atomic E-state index is 9.61. The van der Waals surface area contributed by atoms with Gasteiger partial charge in [0.15, 0.2) is 0 Å². The number of phenolic OH excluding ortho intramolecular Hbond substituents is 1. The van der Waals surface area contributed by atoms with E-state index in [-0.39, 0.29) is 5.75 Å². The molecule has 0 spiro atoms. The number of nitrogens with zero attached hydrogens (tertiary/aromatic N) is 2. The molecule has 0 saturated heterocycles. The molecule has 0 amide bonds. The first-order valence-electron chi connectivity index (χ1n) is 6.80. The van der Waals surface area contributed by atoms with Crippen molar-refractivity contribution in [2.75, 3.05) is 11.9 Å². The summed E-state index contributed by atoms with van der Waals surface area (Å²) in [6.45, 7) is 3.03. The molecule has 0 aliphatic carbocycles. The first-order chi connectivity index (χ1) is 9.78. The second kappa shape index (κ2) is 5.25. The van der Waals surface area contributed by atoms with Gasteiger partial charge in [-0.2, -0.15) is 0 Å². The molecule has 0 aliphatic rings. The summed E-state index contributed by atoms with van der Waals surface area (Å²) in [7, 11) is 0. The molecule has 102 valence electrons. The quantitative estimate of drug-likeness (QED) is 0.760. The highest BCUT2D eigenvalue weighted by Crippen LogP contribution is 2.25. The molecule has 0 fully saturated rings. The highest BCUT2D eigenvalue weighted by molar-refractivity contribution is 5.68. The maximum Gasteiger partial charge on any atom is 0.146 e. The molecule has 3 aromatic rings. The molecule has 3 rings (SSSR count). The smallest absolute Gasteiger partial charge is 0.146 e. The van der Waals surface area contributed by atoms with E-state index in [0.29, 0.717) is 0 Å². The van der Waals surface area contributed by atoms with E-state index in [1.165, 1.54) is 0 Å². The van der Waals surface area contributed by atoms with Gasteiger partial charge in [0.2, 0.25) is 0 Å². The lowest BCUT2D eigenvalue weighted by atomic mass is 10.1. The largest absolute Gasteiger partial charge is 0.508 e. The molecule has 0 saturated carbocycles. The zero-order chi connectivity index (χ0) is 13.9. The molecule has 2 aromatic heterocycles. The second-order valence-corrected chi connectivity index (χ2v) is 4.75. The van der Waals surface area contributed by atoms with Crippen molar-refractivity contribution in [3.63, 3.8) is 0 Å². The van der Waals surface area contributed by atoms with Gasteiger partial charge in [0.25, 0.3) is 0 Å². The number of aromatic hydroxyl groups is 1. The van der Waals surface area contributed by atoms with Gasteiger partial charge in [-0.1, -0.05) is 19.1 Å². The molecule has 0 radical (unpaired) electrons. The molecular weight excluding hydrogens is 250 g/mol. The lowest BCUT2D eigenvalue weighted by molar-refractivity contribution is 0.475. The molecule has 0 aliphatic heterocycles. The number of hydrogen-bond donors (Lipinski definition) is 2. The summed E-state index contributed by atoms with van der Waals surface area (Å²) >= 11 is 0. The molecule has 1 aromatic carbocycles. The van der Waals surface area contributed by atoms with Crippen LogP contribution in [0.5, 0.6) is 5.75 Å². The van der Waals surface area contributed by atoms with Crippen LogP contribution >= 0.6 is 0 Å². The van der Waals surface area contributed by atoms with E-state index in [1.54, 1.807) is 12.1 Å². The van der Waals surface area contributed by atoms with Crippen LogP contribution in [0.25, 0.3) is 16.8 Å². The molecule has 2 heterocycles. The van der Waals surface area contributed by atoms with Crippen LogP contribution in [0.2, 0.25) is 0 Å². The molecule has 20 heavy (non-hydrogen) atoms. The normalized spacial score (nSPS) is 10.8. The third kappa shape index (κ3) is 2.32. The lowest BCUT2D eigenvalue weighted by Gasteiger charge is -2.07. The summed E-state index contributed by atoms with van der Waals surface area (Å²) < 4.78 is 1.90. The van der Waals surface area contributed by atoms with Crippen molar-refractivity contribution >= 4 is 11.3 Å². The molecule has 0 atom stereocenters. The number of phenols is 1. The average Bonchev–Trinajstić information content (AvgIpc) is 2.88. The van der Waals surface area contributed by atoms with Gasteiger partial charge >= 0.3 is 0 Å². The zero-order valence-corrected chi connectivity index (χ0v) is 11.4. The van der Waals surface area contributed by atoms with Gasteiger partial charge < -0.3 is 10.4 Å². The highest BCUT2D eigenvalue weighted by atomic mass is 16.3. The van der Waals surface area contributed by atoms with Crippen LogP contribution < -0.4 is 5.32 Å². The summed E-state index contributed by atoms with van der Waals surface area (Å²) in [5.41, 5.74) is 2.95. The molecule has 0 bridgehead atoms. The van der Waals surface area contributed by atoms with E-state index >= 15 is 0 Å². The fourth-order valence-electron chi connectivity index (χ4n) is 2.22. The Morgan fingerprint density at radius 2 is 2.00 bits per heavy atom. The van der Waals surface area contributed by atoms with Gasteiger partial charge in [0, 0.05) is 12.1 Å². The number of nitrogens with one attached hydrogen (secondary N) is 1. The van der Waals surface area contributed by atoms with Crippen LogP contribution in [0, 0.1) is 0 Å². The van der Waals surface area contributed by atoms with E-state index in [1.807, 2.05) is 40.9 Å². The van der Waals surface area contributed by atoms with Crippen molar-refractivity contribution in [2.24, 2.45) is 0 Å². The van der Waals surface area contributed by atoms with E-state index in [4.69, 9.17) is 0 Å². The summed E-state index contributed by atoms with van der Waals surface area (Å²) in [5, 5.41) is 17.5. The van der Waals surface area contributed by atoms with Crippen LogP contribution in [0.1, 0.15) is 13.3 Å². The Morgan fingerprint density at radius 3 is 2.80 bits per heavy atom. The number of rotatable bonds is 4. The average molecular weight is 267 g/mol. The topological polar surface area (TPSA) is 49.6 Å². The fraction of sp³-hybridized carbons (Fsp3) is 0.188. The fourth-order valence-corrected chi connectivity index (χ4v) is 2.22. The number of benzene rings is 1. The molecule has 4 heteroatoms. The van der Waals surface area contributed by atoms with Gasteiger partial charge in [-0.15, -0.1) is 5.10 Å². The van der Waals surface area contributed by atoms with E-state index in [2.05, 4.69) is 17.3 Å². The molecular formula is C16H17N3O. The monoisotopic (exact) mass is 267 g/mol. The number of aromatic nitrogens is 2. The predicted octanol–water partition coefficient (Wildman–Crippen LogP) is 3.53. The summed E-state index contributed by atoms with van der Waals surface area (Å²) in [6, 6.07) is 15.3. The standard InChI is InChI=1S/C16H17N3O/c1-2-10-17-16-9-7-13-6-8-15(19(13)18-16)12-4-3-5-14(20)11-12/h3-9,11,20H,2,10H2,1H3,(H,17,18). The third-order valence-electron chi connectivity index (χ3n) is 3.20. The Labute approximate surface area is 117 Å². The number of anilines is 1. The van der Waals surface area contributed by atoms with Crippen molar-refractivity contribution in [3.05, 3.63) is 48.5 Å².